The Kier molecular flexibility index (Phi) is 5.12. The maximum Gasteiger partial charge on any atom is 0.0596 e. The van der Waals surface area contributed by atoms with E-state index in [0.29, 0.717) is 11.8 Å². The maximum atomic E-state index is 10.7. The molecule has 6 atom stereocenters. The highest BCUT2D eigenvalue weighted by Crippen LogP contribution is 2.41. The summed E-state index contributed by atoms with van der Waals surface area (Å²) < 4.78 is 0. The Hall–Kier alpha value is -0.0400. The van der Waals surface area contributed by atoms with Gasteiger partial charge in [0.25, 0.3) is 0 Å². The van der Waals surface area contributed by atoms with Gasteiger partial charge in [0, 0.05) is 0 Å². The molecular formula is C17H32O. The van der Waals surface area contributed by atoms with Crippen molar-refractivity contribution in [2.45, 2.75) is 78.2 Å². The normalized spacial score (nSPS) is 43.7. The van der Waals surface area contributed by atoms with Gasteiger partial charge in [-0.05, 0) is 55.3 Å². The molecule has 0 aromatic carbocycles. The Balaban J connectivity index is 1.88. The van der Waals surface area contributed by atoms with Crippen LogP contribution in [-0.2, 0) is 0 Å². The molecule has 2 fully saturated rings. The van der Waals surface area contributed by atoms with Gasteiger partial charge in [0.05, 0.1) is 6.10 Å². The van der Waals surface area contributed by atoms with Gasteiger partial charge in [0.1, 0.15) is 0 Å². The molecule has 0 heterocycles. The molecule has 1 heteroatoms. The summed E-state index contributed by atoms with van der Waals surface area (Å²) in [5, 5.41) is 10.7. The van der Waals surface area contributed by atoms with Crippen LogP contribution in [0.4, 0.5) is 0 Å². The lowest BCUT2D eigenvalue weighted by atomic mass is 9.68. The van der Waals surface area contributed by atoms with Crippen LogP contribution in [0.2, 0.25) is 0 Å². The molecule has 0 bridgehead atoms. The standard InChI is InChI=1S/C17H32O/c1-4-14-6-5-7-15(11-14)17(18)16-9-8-12(2)13(3)10-16/h12-18H,4-11H2,1-3H3. The number of aliphatic hydroxyl groups excluding tert-OH is 1. The fraction of sp³-hybridized carbons (Fsp3) is 1.00. The largest absolute Gasteiger partial charge is 0.393 e. The first-order valence-corrected chi connectivity index (χ1v) is 8.29. The second kappa shape index (κ2) is 6.41. The minimum Gasteiger partial charge on any atom is -0.393 e. The molecule has 2 saturated carbocycles. The van der Waals surface area contributed by atoms with E-state index in [1.54, 1.807) is 0 Å². The van der Waals surface area contributed by atoms with Gasteiger partial charge in [-0.1, -0.05) is 46.5 Å². The van der Waals surface area contributed by atoms with E-state index in [4.69, 9.17) is 0 Å². The second-order valence-corrected chi connectivity index (χ2v) is 7.22. The van der Waals surface area contributed by atoms with Crippen molar-refractivity contribution in [3.05, 3.63) is 0 Å². The van der Waals surface area contributed by atoms with E-state index in [1.807, 2.05) is 0 Å². The van der Waals surface area contributed by atoms with Crippen molar-refractivity contribution >= 4 is 0 Å². The maximum absolute atomic E-state index is 10.7. The minimum atomic E-state index is -0.00528. The van der Waals surface area contributed by atoms with Crippen LogP contribution in [0.15, 0.2) is 0 Å². The van der Waals surface area contributed by atoms with Crippen LogP contribution in [0.5, 0.6) is 0 Å². The van der Waals surface area contributed by atoms with Gasteiger partial charge in [-0.3, -0.25) is 0 Å². The number of aliphatic hydroxyl groups is 1. The van der Waals surface area contributed by atoms with Gasteiger partial charge in [0.2, 0.25) is 0 Å². The molecule has 0 aromatic heterocycles. The fourth-order valence-electron chi connectivity index (χ4n) is 4.30. The van der Waals surface area contributed by atoms with Gasteiger partial charge >= 0.3 is 0 Å². The SMILES string of the molecule is CCC1CCCC(C(O)C2CCC(C)C(C)C2)C1. The Morgan fingerprint density at radius 3 is 2.33 bits per heavy atom. The molecule has 0 spiro atoms. The third-order valence-electron chi connectivity index (χ3n) is 6.01. The second-order valence-electron chi connectivity index (χ2n) is 7.22. The highest BCUT2D eigenvalue weighted by molar-refractivity contribution is 4.86. The van der Waals surface area contributed by atoms with Gasteiger partial charge < -0.3 is 5.11 Å². The summed E-state index contributed by atoms with van der Waals surface area (Å²) in [5.41, 5.74) is 0. The summed E-state index contributed by atoms with van der Waals surface area (Å²) in [7, 11) is 0. The predicted octanol–water partition coefficient (Wildman–Crippen LogP) is 4.64. The van der Waals surface area contributed by atoms with E-state index in [1.165, 1.54) is 51.4 Å². The van der Waals surface area contributed by atoms with Gasteiger partial charge in [-0.15, -0.1) is 0 Å². The zero-order valence-corrected chi connectivity index (χ0v) is 12.6. The lowest BCUT2D eigenvalue weighted by Gasteiger charge is -2.40. The quantitative estimate of drug-likeness (QED) is 0.776. The van der Waals surface area contributed by atoms with Gasteiger partial charge in [-0.2, -0.15) is 0 Å². The van der Waals surface area contributed by atoms with Gasteiger partial charge in [-0.25, -0.2) is 0 Å². The molecule has 0 aromatic rings. The first-order valence-electron chi connectivity index (χ1n) is 8.29. The predicted molar refractivity (Wildman–Crippen MR) is 77.4 cm³/mol. The molecule has 1 nitrogen and oxygen atoms in total. The molecular weight excluding hydrogens is 220 g/mol. The van der Waals surface area contributed by atoms with Crippen molar-refractivity contribution in [2.75, 3.05) is 0 Å². The van der Waals surface area contributed by atoms with Crippen molar-refractivity contribution in [3.63, 3.8) is 0 Å². The summed E-state index contributed by atoms with van der Waals surface area (Å²) in [6.45, 7) is 7.06. The molecule has 0 radical (unpaired) electrons. The lowest BCUT2D eigenvalue weighted by molar-refractivity contribution is -0.00629. The third kappa shape index (κ3) is 3.29. The van der Waals surface area contributed by atoms with Gasteiger partial charge in [0.15, 0.2) is 0 Å². The first-order chi connectivity index (χ1) is 8.61. The molecule has 6 unspecified atom stereocenters. The first kappa shape index (κ1) is 14.4. The average molecular weight is 252 g/mol. The van der Waals surface area contributed by atoms with E-state index in [2.05, 4.69) is 20.8 Å². The van der Waals surface area contributed by atoms with Crippen molar-refractivity contribution in [1.82, 2.24) is 0 Å². The Labute approximate surface area is 113 Å². The van der Waals surface area contributed by atoms with E-state index in [-0.39, 0.29) is 6.10 Å². The van der Waals surface area contributed by atoms with Crippen molar-refractivity contribution < 1.29 is 5.11 Å². The van der Waals surface area contributed by atoms with Crippen LogP contribution in [0.25, 0.3) is 0 Å². The van der Waals surface area contributed by atoms with Crippen molar-refractivity contribution in [2.24, 2.45) is 29.6 Å². The number of rotatable bonds is 3. The summed E-state index contributed by atoms with van der Waals surface area (Å²) in [5.74, 6) is 3.76. The average Bonchev–Trinajstić information content (AvgIpc) is 2.41. The number of hydrogen-bond donors (Lipinski definition) is 1. The lowest BCUT2D eigenvalue weighted by Crippen LogP contribution is -2.36. The number of hydrogen-bond acceptors (Lipinski definition) is 1. The summed E-state index contributed by atoms with van der Waals surface area (Å²) in [6.07, 6.45) is 10.5. The van der Waals surface area contributed by atoms with E-state index >= 15 is 0 Å². The van der Waals surface area contributed by atoms with Crippen molar-refractivity contribution in [3.8, 4) is 0 Å². The Bertz CT molecular complexity index is 244. The Morgan fingerprint density at radius 2 is 1.67 bits per heavy atom. The fourth-order valence-corrected chi connectivity index (χ4v) is 4.30. The monoisotopic (exact) mass is 252 g/mol. The van der Waals surface area contributed by atoms with Crippen LogP contribution in [0, 0.1) is 29.6 Å². The molecule has 2 rings (SSSR count). The Morgan fingerprint density at radius 1 is 0.944 bits per heavy atom. The van der Waals surface area contributed by atoms with E-state index < -0.39 is 0 Å². The molecule has 0 aliphatic heterocycles. The smallest absolute Gasteiger partial charge is 0.0596 e. The highest BCUT2D eigenvalue weighted by Gasteiger charge is 2.35. The topological polar surface area (TPSA) is 20.2 Å². The van der Waals surface area contributed by atoms with Crippen LogP contribution in [0.1, 0.15) is 72.1 Å². The molecule has 2 aliphatic carbocycles. The molecule has 18 heavy (non-hydrogen) atoms. The van der Waals surface area contributed by atoms with Crippen LogP contribution in [0.3, 0.4) is 0 Å². The molecule has 0 saturated heterocycles. The van der Waals surface area contributed by atoms with Crippen LogP contribution >= 0.6 is 0 Å². The summed E-state index contributed by atoms with van der Waals surface area (Å²) >= 11 is 0. The van der Waals surface area contributed by atoms with E-state index in [0.717, 1.165) is 17.8 Å². The third-order valence-corrected chi connectivity index (χ3v) is 6.01. The van der Waals surface area contributed by atoms with Crippen LogP contribution < -0.4 is 0 Å². The van der Waals surface area contributed by atoms with E-state index in [9.17, 15) is 5.11 Å². The molecule has 106 valence electrons. The minimum absolute atomic E-state index is 0.00528. The highest BCUT2D eigenvalue weighted by atomic mass is 16.3. The van der Waals surface area contributed by atoms with Crippen molar-refractivity contribution in [1.29, 1.82) is 0 Å². The zero-order chi connectivity index (χ0) is 13.1. The van der Waals surface area contributed by atoms with Crippen LogP contribution in [-0.4, -0.2) is 11.2 Å². The molecule has 2 aliphatic rings. The zero-order valence-electron chi connectivity index (χ0n) is 12.6. The summed E-state index contributed by atoms with van der Waals surface area (Å²) in [4.78, 5) is 0. The summed E-state index contributed by atoms with van der Waals surface area (Å²) in [6, 6.07) is 0. The molecule has 1 N–H and O–H groups in total. The molecule has 0 amide bonds.